The van der Waals surface area contributed by atoms with Crippen LogP contribution in [0.5, 0.6) is 5.75 Å². The first-order chi connectivity index (χ1) is 7.01. The average Bonchev–Trinajstić information content (AvgIpc) is 2.21. The summed E-state index contributed by atoms with van der Waals surface area (Å²) in [6, 6.07) is 3.87. The van der Waals surface area contributed by atoms with E-state index in [1.807, 2.05) is 0 Å². The van der Waals surface area contributed by atoms with Crippen molar-refractivity contribution in [2.24, 2.45) is 5.73 Å². The molecular weight excluding hydrogens is 224 g/mol. The summed E-state index contributed by atoms with van der Waals surface area (Å²) in [5.74, 6) is -2.65. The van der Waals surface area contributed by atoms with Gasteiger partial charge in [-0.25, -0.2) is 0 Å². The van der Waals surface area contributed by atoms with Gasteiger partial charge in [0.15, 0.2) is 0 Å². The summed E-state index contributed by atoms with van der Waals surface area (Å²) >= 11 is 5.77. The first-order valence-corrected chi connectivity index (χ1v) is 4.89. The Labute approximate surface area is 92.0 Å². The van der Waals surface area contributed by atoms with Crippen LogP contribution in [-0.4, -0.2) is 13.2 Å². The van der Waals surface area contributed by atoms with Crippen LogP contribution in [0.4, 0.5) is 8.78 Å². The minimum absolute atomic E-state index is 0.169. The molecule has 0 heterocycles. The van der Waals surface area contributed by atoms with Gasteiger partial charge in [0.2, 0.25) is 0 Å². The predicted octanol–water partition coefficient (Wildman–Crippen LogP) is 2.79. The number of benzene rings is 1. The van der Waals surface area contributed by atoms with Gasteiger partial charge in [-0.05, 0) is 25.1 Å². The van der Waals surface area contributed by atoms with Gasteiger partial charge in [0.05, 0.1) is 18.2 Å². The number of ether oxygens (including phenoxy) is 1. The van der Waals surface area contributed by atoms with Gasteiger partial charge in [0.25, 0.3) is 5.92 Å². The van der Waals surface area contributed by atoms with Crippen LogP contribution in [0.2, 0.25) is 5.02 Å². The lowest BCUT2D eigenvalue weighted by Gasteiger charge is -2.15. The van der Waals surface area contributed by atoms with Gasteiger partial charge < -0.3 is 10.5 Å². The molecule has 1 rings (SSSR count). The zero-order valence-corrected chi connectivity index (χ0v) is 9.02. The third-order valence-electron chi connectivity index (χ3n) is 1.91. The molecule has 0 saturated heterocycles. The van der Waals surface area contributed by atoms with E-state index in [4.69, 9.17) is 22.1 Å². The molecule has 0 fully saturated rings. The first kappa shape index (κ1) is 12.2. The fraction of sp³-hybridized carbons (Fsp3) is 0.400. The molecular formula is C10H12ClF2NO. The summed E-state index contributed by atoms with van der Waals surface area (Å²) in [6.45, 7) is 1.49. The minimum atomic E-state index is -3.05. The van der Waals surface area contributed by atoms with Crippen molar-refractivity contribution in [2.45, 2.75) is 12.8 Å². The third kappa shape index (κ3) is 2.79. The molecule has 0 aliphatic rings. The normalized spacial score (nSPS) is 11.5. The van der Waals surface area contributed by atoms with Crippen molar-refractivity contribution in [1.82, 2.24) is 0 Å². The van der Waals surface area contributed by atoms with Crippen molar-refractivity contribution >= 4 is 11.6 Å². The maximum atomic E-state index is 13.2. The predicted molar refractivity (Wildman–Crippen MR) is 55.6 cm³/mol. The zero-order chi connectivity index (χ0) is 11.5. The Morgan fingerprint density at radius 2 is 2.13 bits per heavy atom. The molecule has 0 radical (unpaired) electrons. The maximum absolute atomic E-state index is 13.2. The van der Waals surface area contributed by atoms with Crippen molar-refractivity contribution < 1.29 is 13.5 Å². The van der Waals surface area contributed by atoms with Crippen LogP contribution in [0, 0.1) is 0 Å². The molecule has 0 aliphatic heterocycles. The number of hydrogen-bond acceptors (Lipinski definition) is 2. The molecule has 2 nitrogen and oxygen atoms in total. The van der Waals surface area contributed by atoms with Gasteiger partial charge >= 0.3 is 0 Å². The van der Waals surface area contributed by atoms with Crippen molar-refractivity contribution in [3.8, 4) is 5.75 Å². The summed E-state index contributed by atoms with van der Waals surface area (Å²) in [5.41, 5.74) is 4.76. The van der Waals surface area contributed by atoms with Crippen molar-refractivity contribution in [1.29, 1.82) is 0 Å². The van der Waals surface area contributed by atoms with Crippen molar-refractivity contribution in [3.63, 3.8) is 0 Å². The van der Waals surface area contributed by atoms with Crippen LogP contribution in [0.3, 0.4) is 0 Å². The second-order valence-corrected chi connectivity index (χ2v) is 3.39. The average molecular weight is 236 g/mol. The summed E-state index contributed by atoms with van der Waals surface area (Å²) in [6.07, 6.45) is 0. The fourth-order valence-electron chi connectivity index (χ4n) is 1.12. The topological polar surface area (TPSA) is 35.2 Å². The van der Waals surface area contributed by atoms with Crippen molar-refractivity contribution in [3.05, 3.63) is 28.8 Å². The van der Waals surface area contributed by atoms with E-state index in [0.29, 0.717) is 12.4 Å². The SMILES string of the molecule is CCOc1ccc(C(F)(F)CN)cc1Cl. The van der Waals surface area contributed by atoms with Crippen LogP contribution >= 0.6 is 11.6 Å². The lowest BCUT2D eigenvalue weighted by Crippen LogP contribution is -2.24. The smallest absolute Gasteiger partial charge is 0.285 e. The highest BCUT2D eigenvalue weighted by molar-refractivity contribution is 6.32. The van der Waals surface area contributed by atoms with Gasteiger partial charge in [0.1, 0.15) is 5.75 Å². The largest absolute Gasteiger partial charge is 0.492 e. The van der Waals surface area contributed by atoms with E-state index in [0.717, 1.165) is 0 Å². The Bertz CT molecular complexity index is 344. The quantitative estimate of drug-likeness (QED) is 0.871. The molecule has 1 aromatic carbocycles. The first-order valence-electron chi connectivity index (χ1n) is 4.52. The second kappa shape index (κ2) is 4.77. The zero-order valence-electron chi connectivity index (χ0n) is 8.27. The minimum Gasteiger partial charge on any atom is -0.492 e. The molecule has 1 aromatic rings. The Hall–Kier alpha value is -0.870. The number of nitrogens with two attached hydrogens (primary N) is 1. The number of alkyl halides is 2. The Morgan fingerprint density at radius 1 is 1.47 bits per heavy atom. The third-order valence-corrected chi connectivity index (χ3v) is 2.21. The van der Waals surface area contributed by atoms with Crippen LogP contribution in [-0.2, 0) is 5.92 Å². The van der Waals surface area contributed by atoms with Crippen LogP contribution < -0.4 is 10.5 Å². The van der Waals surface area contributed by atoms with E-state index in [1.54, 1.807) is 6.92 Å². The summed E-state index contributed by atoms with van der Waals surface area (Å²) < 4.78 is 31.4. The summed E-state index contributed by atoms with van der Waals surface area (Å²) in [5, 5.41) is 0.169. The Balaban J connectivity index is 3.01. The molecule has 15 heavy (non-hydrogen) atoms. The molecule has 0 aromatic heterocycles. The lowest BCUT2D eigenvalue weighted by atomic mass is 10.1. The van der Waals surface area contributed by atoms with Gasteiger partial charge in [-0.3, -0.25) is 0 Å². The summed E-state index contributed by atoms with van der Waals surface area (Å²) in [4.78, 5) is 0. The van der Waals surface area contributed by atoms with Crippen LogP contribution in [0.15, 0.2) is 18.2 Å². The van der Waals surface area contributed by atoms with Crippen LogP contribution in [0.1, 0.15) is 12.5 Å². The Morgan fingerprint density at radius 3 is 2.60 bits per heavy atom. The molecule has 0 bridgehead atoms. The highest BCUT2D eigenvalue weighted by atomic mass is 35.5. The molecule has 84 valence electrons. The van der Waals surface area contributed by atoms with Crippen LogP contribution in [0.25, 0.3) is 0 Å². The molecule has 0 unspecified atom stereocenters. The highest BCUT2D eigenvalue weighted by Gasteiger charge is 2.30. The van der Waals surface area contributed by atoms with E-state index in [-0.39, 0.29) is 10.6 Å². The highest BCUT2D eigenvalue weighted by Crippen LogP contribution is 2.33. The molecule has 0 spiro atoms. The Kier molecular flexibility index (Phi) is 3.88. The van der Waals surface area contributed by atoms with Crippen molar-refractivity contribution in [2.75, 3.05) is 13.2 Å². The molecule has 0 amide bonds. The van der Waals surface area contributed by atoms with Gasteiger partial charge in [0, 0.05) is 5.56 Å². The molecule has 0 saturated carbocycles. The number of hydrogen-bond donors (Lipinski definition) is 1. The molecule has 5 heteroatoms. The molecule has 0 aliphatic carbocycles. The van der Waals surface area contributed by atoms with Gasteiger partial charge in [-0.2, -0.15) is 8.78 Å². The number of halogens is 3. The van der Waals surface area contributed by atoms with E-state index in [1.165, 1.54) is 18.2 Å². The lowest BCUT2D eigenvalue weighted by molar-refractivity contribution is 0.00592. The van der Waals surface area contributed by atoms with Gasteiger partial charge in [-0.15, -0.1) is 0 Å². The van der Waals surface area contributed by atoms with E-state index < -0.39 is 12.5 Å². The summed E-state index contributed by atoms with van der Waals surface area (Å²) in [7, 11) is 0. The van der Waals surface area contributed by atoms with E-state index >= 15 is 0 Å². The van der Waals surface area contributed by atoms with E-state index in [9.17, 15) is 8.78 Å². The van der Waals surface area contributed by atoms with E-state index in [2.05, 4.69) is 0 Å². The number of rotatable bonds is 4. The second-order valence-electron chi connectivity index (χ2n) is 2.99. The monoisotopic (exact) mass is 235 g/mol. The fourth-order valence-corrected chi connectivity index (χ4v) is 1.35. The maximum Gasteiger partial charge on any atom is 0.285 e. The standard InChI is InChI=1S/C10H12ClF2NO/c1-2-15-9-4-3-7(5-8(9)11)10(12,13)6-14/h3-5H,2,6,14H2,1H3. The van der Waals surface area contributed by atoms with Gasteiger partial charge in [-0.1, -0.05) is 11.6 Å². The molecule has 0 atom stereocenters. The molecule has 2 N–H and O–H groups in total.